The Bertz CT molecular complexity index is 699. The molecule has 1 unspecified atom stereocenters. The number of quaternary nitrogens is 1. The molecular weight excluding hydrogens is 346 g/mol. The molecule has 2 heterocycles. The fourth-order valence-corrected chi connectivity index (χ4v) is 8.76. The second-order valence-electron chi connectivity index (χ2n) is 12.7. The third-order valence-corrected chi connectivity index (χ3v) is 9.48. The first-order valence-corrected chi connectivity index (χ1v) is 11.8. The largest absolute Gasteiger partial charge is 0.462 e. The Hall–Kier alpha value is -0.830. The third-order valence-electron chi connectivity index (χ3n) is 9.48. The predicted octanol–water partition coefficient (Wildman–Crippen LogP) is 3.78. The minimum absolute atomic E-state index is 0.112. The zero-order valence-corrected chi connectivity index (χ0v) is 18.5. The lowest BCUT2D eigenvalue weighted by atomic mass is 9.55. The maximum absolute atomic E-state index is 13.0. The number of hydrogen-bond donors (Lipinski definition) is 1. The summed E-state index contributed by atoms with van der Waals surface area (Å²) in [6.45, 7) is 16.5. The standard InChI is InChI=1S/C25H39NO2/c1-16-7-6-8-25(5)12-21-18(9-20(16)25)19(22(27)28-21)13-26-15-24(4)11-17(26)10-23(2,3)14-24/h17-21H,1,6-15H2,2-5H3/p+1/t17-,18-,19+,20-,21+,24-,25+/m1/s1. The van der Waals surface area contributed by atoms with Gasteiger partial charge in [-0.25, -0.2) is 0 Å². The van der Waals surface area contributed by atoms with Crippen LogP contribution >= 0.6 is 0 Å². The molecule has 2 saturated heterocycles. The Balaban J connectivity index is 1.34. The van der Waals surface area contributed by atoms with Crippen molar-refractivity contribution in [3.63, 3.8) is 0 Å². The van der Waals surface area contributed by atoms with Crippen LogP contribution in [-0.2, 0) is 9.53 Å². The highest BCUT2D eigenvalue weighted by atomic mass is 16.6. The van der Waals surface area contributed by atoms with Crippen molar-refractivity contribution >= 4 is 5.97 Å². The van der Waals surface area contributed by atoms with Crippen LogP contribution < -0.4 is 4.90 Å². The number of esters is 1. The molecule has 2 bridgehead atoms. The summed E-state index contributed by atoms with van der Waals surface area (Å²) in [7, 11) is 0. The molecule has 0 aromatic carbocycles. The highest BCUT2D eigenvalue weighted by Gasteiger charge is 2.58. The first kappa shape index (κ1) is 19.2. The number of nitrogens with one attached hydrogen (secondary N) is 1. The van der Waals surface area contributed by atoms with Gasteiger partial charge in [0.15, 0.2) is 0 Å². The normalized spacial score (nSPS) is 52.1. The molecule has 3 saturated carbocycles. The summed E-state index contributed by atoms with van der Waals surface area (Å²) in [5, 5.41) is 0. The van der Waals surface area contributed by atoms with E-state index in [0.717, 1.165) is 25.4 Å². The average molecular weight is 387 g/mol. The molecule has 3 nitrogen and oxygen atoms in total. The molecule has 3 aliphatic carbocycles. The average Bonchev–Trinajstić information content (AvgIpc) is 2.97. The molecule has 2 aliphatic heterocycles. The lowest BCUT2D eigenvalue weighted by molar-refractivity contribution is -0.917. The zero-order valence-electron chi connectivity index (χ0n) is 18.5. The fraction of sp³-hybridized carbons (Fsp3) is 0.880. The van der Waals surface area contributed by atoms with Crippen molar-refractivity contribution in [3.8, 4) is 0 Å². The molecule has 156 valence electrons. The Morgan fingerprint density at radius 3 is 2.75 bits per heavy atom. The minimum Gasteiger partial charge on any atom is -0.462 e. The first-order chi connectivity index (χ1) is 13.1. The molecule has 0 aromatic rings. The van der Waals surface area contributed by atoms with E-state index in [1.807, 2.05) is 0 Å². The van der Waals surface area contributed by atoms with Gasteiger partial charge in [-0.3, -0.25) is 4.79 Å². The number of ether oxygens (including phenoxy) is 1. The number of fused-ring (bicyclic) bond motifs is 4. The molecule has 0 amide bonds. The van der Waals surface area contributed by atoms with Crippen LogP contribution in [0.2, 0.25) is 0 Å². The van der Waals surface area contributed by atoms with Crippen LogP contribution in [0.3, 0.4) is 0 Å². The van der Waals surface area contributed by atoms with E-state index in [-0.39, 0.29) is 18.0 Å². The topological polar surface area (TPSA) is 30.7 Å². The molecule has 0 radical (unpaired) electrons. The van der Waals surface area contributed by atoms with Crippen molar-refractivity contribution in [2.24, 2.45) is 34.0 Å². The number of allylic oxidation sites excluding steroid dienone is 1. The van der Waals surface area contributed by atoms with Crippen molar-refractivity contribution in [2.45, 2.75) is 91.2 Å². The van der Waals surface area contributed by atoms with Crippen LogP contribution in [-0.4, -0.2) is 31.2 Å². The van der Waals surface area contributed by atoms with E-state index in [1.165, 1.54) is 50.6 Å². The molecule has 3 heteroatoms. The lowest BCUT2D eigenvalue weighted by Crippen LogP contribution is -3.14. The van der Waals surface area contributed by atoms with E-state index in [2.05, 4.69) is 34.3 Å². The number of likely N-dealkylation sites (tertiary alicyclic amines) is 1. The summed E-state index contributed by atoms with van der Waals surface area (Å²) >= 11 is 0. The molecule has 1 N–H and O–H groups in total. The van der Waals surface area contributed by atoms with Gasteiger partial charge in [0, 0.05) is 24.2 Å². The molecule has 5 rings (SSSR count). The van der Waals surface area contributed by atoms with Gasteiger partial charge in [0.2, 0.25) is 0 Å². The van der Waals surface area contributed by atoms with Crippen molar-refractivity contribution in [2.75, 3.05) is 13.1 Å². The van der Waals surface area contributed by atoms with Crippen molar-refractivity contribution < 1.29 is 14.4 Å². The minimum atomic E-state index is 0.112. The summed E-state index contributed by atoms with van der Waals surface area (Å²) in [4.78, 5) is 14.7. The van der Waals surface area contributed by atoms with Crippen molar-refractivity contribution in [1.82, 2.24) is 0 Å². The van der Waals surface area contributed by atoms with Gasteiger partial charge in [-0.1, -0.05) is 39.8 Å². The Morgan fingerprint density at radius 2 is 1.96 bits per heavy atom. The first-order valence-electron chi connectivity index (χ1n) is 11.8. The van der Waals surface area contributed by atoms with Gasteiger partial charge in [-0.2, -0.15) is 0 Å². The third kappa shape index (κ3) is 2.99. The quantitative estimate of drug-likeness (QED) is 0.578. The maximum Gasteiger partial charge on any atom is 0.315 e. The Labute approximate surface area is 171 Å². The SMILES string of the molecule is C=C1CCC[C@@]2(C)C[C@@H]3OC(=O)[C@@H](C[NH+]4C[C@]5(C)C[C@H]4CC(C)(C)C5)[C@H]3C[C@H]12. The number of carbonyl (C=O) groups is 1. The highest BCUT2D eigenvalue weighted by molar-refractivity contribution is 5.75. The van der Waals surface area contributed by atoms with Gasteiger partial charge in [0.1, 0.15) is 12.0 Å². The second-order valence-corrected chi connectivity index (χ2v) is 12.7. The number of hydrogen-bond acceptors (Lipinski definition) is 2. The van der Waals surface area contributed by atoms with E-state index < -0.39 is 0 Å². The van der Waals surface area contributed by atoms with Gasteiger partial charge < -0.3 is 9.64 Å². The molecule has 8 atom stereocenters. The zero-order chi connectivity index (χ0) is 19.9. The number of carbonyl (C=O) groups excluding carboxylic acids is 1. The van der Waals surface area contributed by atoms with E-state index in [9.17, 15) is 4.79 Å². The van der Waals surface area contributed by atoms with Gasteiger partial charge in [-0.05, 0) is 55.3 Å². The van der Waals surface area contributed by atoms with Crippen LogP contribution in [0, 0.1) is 34.0 Å². The van der Waals surface area contributed by atoms with Crippen LogP contribution in [0.1, 0.15) is 79.1 Å². The summed E-state index contributed by atoms with van der Waals surface area (Å²) in [5.41, 5.74) is 2.67. The highest BCUT2D eigenvalue weighted by Crippen LogP contribution is 2.57. The van der Waals surface area contributed by atoms with Gasteiger partial charge in [0.05, 0.1) is 19.1 Å². The fourth-order valence-electron chi connectivity index (χ4n) is 8.76. The summed E-state index contributed by atoms with van der Waals surface area (Å²) in [5.74, 6) is 1.25. The molecule has 0 aromatic heterocycles. The summed E-state index contributed by atoms with van der Waals surface area (Å²) in [6.07, 6.45) is 10.1. The van der Waals surface area contributed by atoms with Gasteiger partial charge >= 0.3 is 5.97 Å². The van der Waals surface area contributed by atoms with Crippen LogP contribution in [0.5, 0.6) is 0 Å². The smallest absolute Gasteiger partial charge is 0.315 e. The van der Waals surface area contributed by atoms with E-state index in [4.69, 9.17) is 4.74 Å². The summed E-state index contributed by atoms with van der Waals surface area (Å²) in [6, 6.07) is 0.735. The Morgan fingerprint density at radius 1 is 1.18 bits per heavy atom. The predicted molar refractivity (Wildman–Crippen MR) is 111 cm³/mol. The summed E-state index contributed by atoms with van der Waals surface area (Å²) < 4.78 is 6.03. The number of rotatable bonds is 2. The van der Waals surface area contributed by atoms with Gasteiger partial charge in [-0.15, -0.1) is 0 Å². The van der Waals surface area contributed by atoms with E-state index in [0.29, 0.717) is 28.1 Å². The van der Waals surface area contributed by atoms with Crippen molar-refractivity contribution in [3.05, 3.63) is 12.2 Å². The molecular formula is C25H40NO2+. The molecule has 28 heavy (non-hydrogen) atoms. The van der Waals surface area contributed by atoms with Crippen LogP contribution in [0.25, 0.3) is 0 Å². The Kier molecular flexibility index (Phi) is 4.17. The van der Waals surface area contributed by atoms with Crippen molar-refractivity contribution in [1.29, 1.82) is 0 Å². The second kappa shape index (κ2) is 6.09. The van der Waals surface area contributed by atoms with E-state index in [1.54, 1.807) is 4.90 Å². The van der Waals surface area contributed by atoms with Crippen LogP contribution in [0.4, 0.5) is 0 Å². The molecule has 5 aliphatic rings. The lowest BCUT2D eigenvalue weighted by Gasteiger charge is -2.50. The molecule has 5 fully saturated rings. The van der Waals surface area contributed by atoms with Gasteiger partial charge in [0.25, 0.3) is 0 Å². The maximum atomic E-state index is 13.0. The van der Waals surface area contributed by atoms with E-state index >= 15 is 0 Å². The molecule has 0 spiro atoms. The van der Waals surface area contributed by atoms with Crippen LogP contribution in [0.15, 0.2) is 12.2 Å². The monoisotopic (exact) mass is 386 g/mol.